The normalized spacial score (nSPS) is 10.5. The van der Waals surface area contributed by atoms with Gasteiger partial charge in [0.1, 0.15) is 10.8 Å². The summed E-state index contributed by atoms with van der Waals surface area (Å²) in [6.45, 7) is 7.68. The third-order valence-electron chi connectivity index (χ3n) is 2.66. The van der Waals surface area contributed by atoms with Crippen molar-refractivity contribution in [2.75, 3.05) is 17.2 Å². The van der Waals surface area contributed by atoms with E-state index in [1.807, 2.05) is 26.2 Å². The fourth-order valence-corrected chi connectivity index (χ4v) is 2.42. The molecular weight excluding hydrogens is 258 g/mol. The Kier molecular flexibility index (Phi) is 4.68. The van der Waals surface area contributed by atoms with Crippen molar-refractivity contribution in [3.63, 3.8) is 0 Å². The third-order valence-corrected chi connectivity index (χ3v) is 3.81. The number of hydrogen-bond donors (Lipinski definition) is 2. The summed E-state index contributed by atoms with van der Waals surface area (Å²) >= 11 is 1.74. The molecule has 0 spiro atoms. The molecule has 19 heavy (non-hydrogen) atoms. The Labute approximate surface area is 117 Å². The number of anilines is 2. The largest absolute Gasteiger partial charge is 0.363 e. The molecule has 0 aromatic carbocycles. The summed E-state index contributed by atoms with van der Waals surface area (Å²) in [7, 11) is 0. The number of nitrogens with one attached hydrogen (secondary N) is 2. The molecule has 0 aliphatic heterocycles. The molecule has 0 aliphatic carbocycles. The van der Waals surface area contributed by atoms with Gasteiger partial charge in [-0.1, -0.05) is 6.92 Å². The Hall–Kier alpha value is -1.69. The molecule has 0 saturated heterocycles. The second kappa shape index (κ2) is 6.47. The van der Waals surface area contributed by atoms with E-state index in [1.165, 1.54) is 4.88 Å². The minimum absolute atomic E-state index is 0.656. The van der Waals surface area contributed by atoms with Crippen LogP contribution in [0.5, 0.6) is 0 Å². The highest BCUT2D eigenvalue weighted by Gasteiger charge is 2.05. The van der Waals surface area contributed by atoms with E-state index >= 15 is 0 Å². The molecule has 2 aromatic heterocycles. The standard InChI is InChI=1S/C13H19N5S/c1-4-10-7-15-11(19-10)8-16-12-9(3)6-17-13(18-12)14-5-2/h6-7H,4-5,8H2,1-3H3,(H2,14,16,17,18). The summed E-state index contributed by atoms with van der Waals surface area (Å²) in [5.74, 6) is 1.52. The number of nitrogens with zero attached hydrogens (tertiary/aromatic N) is 3. The van der Waals surface area contributed by atoms with Gasteiger partial charge in [-0.25, -0.2) is 9.97 Å². The number of hydrogen-bond acceptors (Lipinski definition) is 6. The van der Waals surface area contributed by atoms with Gasteiger partial charge in [-0.05, 0) is 20.3 Å². The molecule has 0 saturated carbocycles. The summed E-state index contributed by atoms with van der Waals surface area (Å²) in [4.78, 5) is 14.4. The van der Waals surface area contributed by atoms with Crippen LogP contribution in [0.2, 0.25) is 0 Å². The molecule has 0 atom stereocenters. The molecule has 0 unspecified atom stereocenters. The van der Waals surface area contributed by atoms with Crippen LogP contribution in [0.4, 0.5) is 11.8 Å². The number of rotatable bonds is 6. The fraction of sp³-hybridized carbons (Fsp3) is 0.462. The number of aromatic nitrogens is 3. The van der Waals surface area contributed by atoms with Gasteiger partial charge in [-0.3, -0.25) is 0 Å². The van der Waals surface area contributed by atoms with Gasteiger partial charge in [0.05, 0.1) is 6.54 Å². The molecule has 2 rings (SSSR count). The van der Waals surface area contributed by atoms with E-state index in [4.69, 9.17) is 0 Å². The van der Waals surface area contributed by atoms with E-state index in [-0.39, 0.29) is 0 Å². The summed E-state index contributed by atoms with van der Waals surface area (Å²) in [6.07, 6.45) is 4.81. The lowest BCUT2D eigenvalue weighted by molar-refractivity contribution is 1.02. The van der Waals surface area contributed by atoms with Crippen molar-refractivity contribution >= 4 is 23.1 Å². The Morgan fingerprint density at radius 3 is 2.68 bits per heavy atom. The highest BCUT2D eigenvalue weighted by atomic mass is 32.1. The highest BCUT2D eigenvalue weighted by molar-refractivity contribution is 7.11. The van der Waals surface area contributed by atoms with Crippen molar-refractivity contribution in [1.29, 1.82) is 0 Å². The summed E-state index contributed by atoms with van der Waals surface area (Å²) in [5.41, 5.74) is 1.04. The molecule has 5 nitrogen and oxygen atoms in total. The van der Waals surface area contributed by atoms with E-state index in [2.05, 4.69) is 32.5 Å². The van der Waals surface area contributed by atoms with Gasteiger partial charge in [0, 0.05) is 29.4 Å². The lowest BCUT2D eigenvalue weighted by Gasteiger charge is -2.09. The Morgan fingerprint density at radius 2 is 2.00 bits per heavy atom. The van der Waals surface area contributed by atoms with Crippen LogP contribution in [0.15, 0.2) is 12.4 Å². The van der Waals surface area contributed by atoms with Crippen LogP contribution < -0.4 is 10.6 Å². The first-order chi connectivity index (χ1) is 9.22. The van der Waals surface area contributed by atoms with E-state index in [0.29, 0.717) is 12.5 Å². The van der Waals surface area contributed by atoms with Gasteiger partial charge in [-0.15, -0.1) is 11.3 Å². The van der Waals surface area contributed by atoms with Crippen molar-refractivity contribution in [2.24, 2.45) is 0 Å². The Bertz CT molecular complexity index is 538. The summed E-state index contributed by atoms with van der Waals surface area (Å²) in [5, 5.41) is 7.52. The van der Waals surface area contributed by atoms with E-state index in [0.717, 1.165) is 29.4 Å². The van der Waals surface area contributed by atoms with Crippen LogP contribution in [-0.4, -0.2) is 21.5 Å². The average Bonchev–Trinajstić information content (AvgIpc) is 2.88. The number of thiazole rings is 1. The summed E-state index contributed by atoms with van der Waals surface area (Å²) in [6, 6.07) is 0. The molecular formula is C13H19N5S. The maximum atomic E-state index is 4.45. The van der Waals surface area contributed by atoms with Gasteiger partial charge in [-0.2, -0.15) is 4.98 Å². The second-order valence-corrected chi connectivity index (χ2v) is 5.38. The first-order valence-corrected chi connectivity index (χ1v) is 7.29. The van der Waals surface area contributed by atoms with Crippen molar-refractivity contribution in [2.45, 2.75) is 33.7 Å². The van der Waals surface area contributed by atoms with Crippen molar-refractivity contribution < 1.29 is 0 Å². The molecule has 2 N–H and O–H groups in total. The smallest absolute Gasteiger partial charge is 0.224 e. The topological polar surface area (TPSA) is 62.7 Å². The Morgan fingerprint density at radius 1 is 1.16 bits per heavy atom. The van der Waals surface area contributed by atoms with Gasteiger partial charge < -0.3 is 10.6 Å². The maximum Gasteiger partial charge on any atom is 0.224 e. The SMILES string of the molecule is CCNc1ncc(C)c(NCc2ncc(CC)s2)n1. The monoisotopic (exact) mass is 277 g/mol. The molecule has 0 radical (unpaired) electrons. The average molecular weight is 277 g/mol. The molecule has 6 heteroatoms. The van der Waals surface area contributed by atoms with Crippen LogP contribution in [0, 0.1) is 6.92 Å². The van der Waals surface area contributed by atoms with Gasteiger partial charge in [0.2, 0.25) is 5.95 Å². The minimum atomic E-state index is 0.656. The quantitative estimate of drug-likeness (QED) is 0.850. The van der Waals surface area contributed by atoms with Crippen LogP contribution in [-0.2, 0) is 13.0 Å². The molecule has 2 heterocycles. The maximum absolute atomic E-state index is 4.45. The Balaban J connectivity index is 2.03. The number of aryl methyl sites for hydroxylation is 2. The van der Waals surface area contributed by atoms with E-state index < -0.39 is 0 Å². The minimum Gasteiger partial charge on any atom is -0.363 e. The predicted octanol–water partition coefficient (Wildman–Crippen LogP) is 2.85. The third kappa shape index (κ3) is 3.64. The first-order valence-electron chi connectivity index (χ1n) is 6.47. The van der Waals surface area contributed by atoms with Crippen molar-refractivity contribution in [1.82, 2.24) is 15.0 Å². The van der Waals surface area contributed by atoms with E-state index in [1.54, 1.807) is 11.3 Å². The molecule has 0 aliphatic rings. The zero-order chi connectivity index (χ0) is 13.7. The van der Waals surface area contributed by atoms with Crippen LogP contribution in [0.1, 0.15) is 29.3 Å². The summed E-state index contributed by atoms with van der Waals surface area (Å²) < 4.78 is 0. The van der Waals surface area contributed by atoms with Crippen LogP contribution in [0.25, 0.3) is 0 Å². The van der Waals surface area contributed by atoms with Crippen LogP contribution >= 0.6 is 11.3 Å². The molecule has 2 aromatic rings. The van der Waals surface area contributed by atoms with E-state index in [9.17, 15) is 0 Å². The first kappa shape index (κ1) is 13.7. The molecule has 0 amide bonds. The molecule has 0 bridgehead atoms. The van der Waals surface area contributed by atoms with Gasteiger partial charge >= 0.3 is 0 Å². The lowest BCUT2D eigenvalue weighted by Crippen LogP contribution is -2.07. The second-order valence-electron chi connectivity index (χ2n) is 4.18. The van der Waals surface area contributed by atoms with Crippen molar-refractivity contribution in [3.8, 4) is 0 Å². The van der Waals surface area contributed by atoms with Crippen molar-refractivity contribution in [3.05, 3.63) is 27.8 Å². The van der Waals surface area contributed by atoms with Gasteiger partial charge in [0.15, 0.2) is 0 Å². The zero-order valence-corrected chi connectivity index (χ0v) is 12.3. The molecule has 0 fully saturated rings. The van der Waals surface area contributed by atoms with Gasteiger partial charge in [0.25, 0.3) is 0 Å². The van der Waals surface area contributed by atoms with Crippen LogP contribution in [0.3, 0.4) is 0 Å². The molecule has 102 valence electrons. The highest BCUT2D eigenvalue weighted by Crippen LogP contribution is 2.17. The fourth-order valence-electron chi connectivity index (χ4n) is 1.62. The predicted molar refractivity (Wildman–Crippen MR) is 79.8 cm³/mol. The zero-order valence-electron chi connectivity index (χ0n) is 11.5. The lowest BCUT2D eigenvalue weighted by atomic mass is 10.3.